The van der Waals surface area contributed by atoms with Crippen molar-refractivity contribution in [3.63, 3.8) is 0 Å². The highest BCUT2D eigenvalue weighted by Crippen LogP contribution is 2.19. The van der Waals surface area contributed by atoms with Crippen LogP contribution in [-0.2, 0) is 36.8 Å². The van der Waals surface area contributed by atoms with Gasteiger partial charge >= 0.3 is 5.97 Å². The van der Waals surface area contributed by atoms with Crippen LogP contribution < -0.4 is 27.4 Å². The Labute approximate surface area is 242 Å². The number of aliphatic carboxylic acids is 1. The van der Waals surface area contributed by atoms with Gasteiger partial charge in [0.1, 0.15) is 18.1 Å². The van der Waals surface area contributed by atoms with Crippen molar-refractivity contribution in [2.45, 2.75) is 70.1 Å². The monoisotopic (exact) mass is 582 g/mol. The Bertz CT molecular complexity index is 1390. The molecule has 4 amide bonds. The van der Waals surface area contributed by atoms with Crippen molar-refractivity contribution in [2.24, 2.45) is 17.4 Å². The van der Waals surface area contributed by atoms with Gasteiger partial charge in [-0.25, -0.2) is 9.78 Å². The van der Waals surface area contributed by atoms with Crippen molar-refractivity contribution in [3.8, 4) is 0 Å². The smallest absolute Gasteiger partial charge is 0.326 e. The summed E-state index contributed by atoms with van der Waals surface area (Å²) >= 11 is 0. The lowest BCUT2D eigenvalue weighted by Gasteiger charge is -2.25. The summed E-state index contributed by atoms with van der Waals surface area (Å²) < 4.78 is 0. The van der Waals surface area contributed by atoms with Crippen LogP contribution in [0.3, 0.4) is 0 Å². The number of nitrogens with one attached hydrogen (secondary N) is 5. The molecule has 0 radical (unpaired) electrons. The lowest BCUT2D eigenvalue weighted by atomic mass is 10.0. The Balaban J connectivity index is 1.79. The largest absolute Gasteiger partial charge is 0.480 e. The molecule has 0 aliphatic carbocycles. The number of nitrogens with zero attached hydrogens (tertiary/aromatic N) is 1. The predicted molar refractivity (Wildman–Crippen MR) is 154 cm³/mol. The third kappa shape index (κ3) is 9.16. The average molecular weight is 583 g/mol. The fraction of sp³-hybridized carbons (Fsp3) is 0.429. The Hall–Kier alpha value is -4.72. The van der Waals surface area contributed by atoms with Gasteiger partial charge < -0.3 is 42.5 Å². The molecule has 0 fully saturated rings. The first kappa shape index (κ1) is 31.8. The first-order chi connectivity index (χ1) is 19.9. The molecule has 0 bridgehead atoms. The number of amides is 4. The van der Waals surface area contributed by atoms with Gasteiger partial charge in [-0.05, 0) is 30.4 Å². The zero-order chi connectivity index (χ0) is 30.8. The number of H-pyrrole nitrogens is 2. The number of hydrogen-bond donors (Lipinski definition) is 8. The third-order valence-corrected chi connectivity index (χ3v) is 6.70. The van der Waals surface area contributed by atoms with E-state index in [1.165, 1.54) is 12.5 Å². The van der Waals surface area contributed by atoms with E-state index >= 15 is 0 Å². The molecule has 4 unspecified atom stereocenters. The van der Waals surface area contributed by atoms with E-state index in [-0.39, 0.29) is 31.6 Å². The van der Waals surface area contributed by atoms with Crippen LogP contribution in [0.4, 0.5) is 0 Å². The molecule has 3 rings (SSSR count). The normalized spacial score (nSPS) is 14.1. The molecule has 42 heavy (non-hydrogen) atoms. The van der Waals surface area contributed by atoms with Gasteiger partial charge in [0.05, 0.1) is 12.4 Å². The summed E-state index contributed by atoms with van der Waals surface area (Å²) in [6.45, 7) is 3.79. The number of carboxylic acid groups (broad SMARTS) is 1. The van der Waals surface area contributed by atoms with Crippen molar-refractivity contribution in [1.82, 2.24) is 30.9 Å². The summed E-state index contributed by atoms with van der Waals surface area (Å²) in [6, 6.07) is 2.70. The van der Waals surface area contributed by atoms with E-state index in [2.05, 4.69) is 30.9 Å². The molecule has 10 N–H and O–H groups in total. The molecule has 0 spiro atoms. The Morgan fingerprint density at radius 3 is 2.24 bits per heavy atom. The van der Waals surface area contributed by atoms with Crippen molar-refractivity contribution >= 4 is 40.5 Å². The predicted octanol–water partition coefficient (Wildman–Crippen LogP) is -0.146. The van der Waals surface area contributed by atoms with Gasteiger partial charge in [0, 0.05) is 48.3 Å². The second-order valence-corrected chi connectivity index (χ2v) is 10.6. The average Bonchev–Trinajstić information content (AvgIpc) is 3.59. The Morgan fingerprint density at radius 2 is 1.60 bits per heavy atom. The molecule has 226 valence electrons. The van der Waals surface area contributed by atoms with Crippen LogP contribution in [0.25, 0.3) is 10.9 Å². The number of imidazole rings is 1. The highest BCUT2D eigenvalue weighted by Gasteiger charge is 2.31. The summed E-state index contributed by atoms with van der Waals surface area (Å²) in [5.41, 5.74) is 13.3. The van der Waals surface area contributed by atoms with E-state index in [1.807, 2.05) is 38.1 Å². The number of para-hydroxylation sites is 1. The summed E-state index contributed by atoms with van der Waals surface area (Å²) in [7, 11) is 0. The minimum Gasteiger partial charge on any atom is -0.480 e. The summed E-state index contributed by atoms with van der Waals surface area (Å²) in [6.07, 6.45) is 4.51. The van der Waals surface area contributed by atoms with Gasteiger partial charge in [-0.15, -0.1) is 0 Å². The SMILES string of the molecule is CC(C)CC(N)C(=O)NC(CCC(N)=O)C(=O)NC(Cc1cnc[nH]1)C(=O)NC(Cc1c[nH]c2ccccc12)C(=O)O. The quantitative estimate of drug-likeness (QED) is 0.113. The standard InChI is InChI=1S/C28H38N8O6/c1-15(2)9-19(29)25(38)34-21(7-8-24(30)37)26(39)35-22(11-17-13-31-14-33-17)27(40)36-23(28(41)42)10-16-12-32-20-6-4-3-5-18(16)20/h3-6,12-15,19,21-23,32H,7-11,29H2,1-2H3,(H2,30,37)(H,31,33)(H,34,38)(H,35,39)(H,36,40)(H,41,42). The van der Waals surface area contributed by atoms with Crippen LogP contribution in [0.5, 0.6) is 0 Å². The molecule has 1 aromatic carbocycles. The number of fused-ring (bicyclic) bond motifs is 1. The number of aromatic amines is 2. The van der Waals surface area contributed by atoms with E-state index in [4.69, 9.17) is 11.5 Å². The molecule has 0 saturated heterocycles. The van der Waals surface area contributed by atoms with Crippen LogP contribution in [-0.4, -0.2) is 73.8 Å². The molecule has 2 heterocycles. The van der Waals surface area contributed by atoms with Crippen LogP contribution in [0.15, 0.2) is 43.0 Å². The van der Waals surface area contributed by atoms with E-state index in [1.54, 1.807) is 6.20 Å². The molecule has 4 atom stereocenters. The number of primary amides is 1. The number of carbonyl (C=O) groups is 5. The number of rotatable bonds is 16. The molecular formula is C28H38N8O6. The molecule has 14 nitrogen and oxygen atoms in total. The zero-order valence-corrected chi connectivity index (χ0v) is 23.6. The lowest BCUT2D eigenvalue weighted by Crippen LogP contribution is -2.58. The number of benzene rings is 1. The van der Waals surface area contributed by atoms with E-state index < -0.39 is 53.8 Å². The topological polar surface area (TPSA) is 238 Å². The number of hydrogen-bond acceptors (Lipinski definition) is 7. The maximum absolute atomic E-state index is 13.4. The van der Waals surface area contributed by atoms with E-state index in [0.29, 0.717) is 17.7 Å². The molecule has 2 aromatic heterocycles. The molecule has 3 aromatic rings. The van der Waals surface area contributed by atoms with E-state index in [0.717, 1.165) is 10.9 Å². The number of carboxylic acids is 1. The van der Waals surface area contributed by atoms with Crippen LogP contribution in [0, 0.1) is 5.92 Å². The highest BCUT2D eigenvalue weighted by atomic mass is 16.4. The van der Waals surface area contributed by atoms with Gasteiger partial charge in [0.25, 0.3) is 0 Å². The molecule has 0 saturated carbocycles. The van der Waals surface area contributed by atoms with Gasteiger partial charge in [-0.3, -0.25) is 19.2 Å². The third-order valence-electron chi connectivity index (χ3n) is 6.70. The van der Waals surface area contributed by atoms with Crippen LogP contribution in [0.2, 0.25) is 0 Å². The van der Waals surface area contributed by atoms with Gasteiger partial charge in [-0.2, -0.15) is 0 Å². The summed E-state index contributed by atoms with van der Waals surface area (Å²) in [4.78, 5) is 72.9. The van der Waals surface area contributed by atoms with Crippen molar-refractivity contribution in [3.05, 3.63) is 54.2 Å². The van der Waals surface area contributed by atoms with Gasteiger partial charge in [-0.1, -0.05) is 32.0 Å². The molecule has 0 aliphatic rings. The van der Waals surface area contributed by atoms with Crippen LogP contribution >= 0.6 is 0 Å². The van der Waals surface area contributed by atoms with Gasteiger partial charge in [0.2, 0.25) is 23.6 Å². The fourth-order valence-corrected chi connectivity index (χ4v) is 4.54. The fourth-order valence-electron chi connectivity index (χ4n) is 4.54. The van der Waals surface area contributed by atoms with Crippen LogP contribution in [0.1, 0.15) is 44.4 Å². The summed E-state index contributed by atoms with van der Waals surface area (Å²) in [5, 5.41) is 18.4. The summed E-state index contributed by atoms with van der Waals surface area (Å²) in [5.74, 6) is -3.93. The highest BCUT2D eigenvalue weighted by molar-refractivity contribution is 5.94. The number of carbonyl (C=O) groups excluding carboxylic acids is 4. The Morgan fingerprint density at radius 1 is 0.929 bits per heavy atom. The molecule has 14 heteroatoms. The molecule has 0 aliphatic heterocycles. The second-order valence-electron chi connectivity index (χ2n) is 10.6. The first-order valence-corrected chi connectivity index (χ1v) is 13.6. The number of nitrogens with two attached hydrogens (primary N) is 2. The van der Waals surface area contributed by atoms with Crippen molar-refractivity contribution in [2.75, 3.05) is 0 Å². The lowest BCUT2D eigenvalue weighted by molar-refractivity contribution is -0.142. The van der Waals surface area contributed by atoms with Gasteiger partial charge in [0.15, 0.2) is 0 Å². The first-order valence-electron chi connectivity index (χ1n) is 13.6. The van der Waals surface area contributed by atoms with E-state index in [9.17, 15) is 29.1 Å². The van der Waals surface area contributed by atoms with Crippen molar-refractivity contribution < 1.29 is 29.1 Å². The maximum Gasteiger partial charge on any atom is 0.326 e. The minimum atomic E-state index is -1.31. The molecular weight excluding hydrogens is 544 g/mol. The Kier molecular flexibility index (Phi) is 11.2. The van der Waals surface area contributed by atoms with Crippen molar-refractivity contribution in [1.29, 1.82) is 0 Å². The maximum atomic E-state index is 13.4. The zero-order valence-electron chi connectivity index (χ0n) is 23.6. The second kappa shape index (κ2) is 14.8. The minimum absolute atomic E-state index is 0.0131. The number of aromatic nitrogens is 3.